The highest BCUT2D eigenvalue weighted by Crippen LogP contribution is 2.34. The summed E-state index contributed by atoms with van der Waals surface area (Å²) in [4.78, 5) is 14.2. The minimum absolute atomic E-state index is 0.0542. The molecule has 0 saturated carbocycles. The third-order valence-electron chi connectivity index (χ3n) is 3.17. The number of aromatic nitrogens is 2. The second kappa shape index (κ2) is 3.61. The molecule has 0 atom stereocenters. The molecule has 18 heavy (non-hydrogen) atoms. The third kappa shape index (κ3) is 1.54. The summed E-state index contributed by atoms with van der Waals surface area (Å²) in [5.74, 6) is 0. The van der Waals surface area contributed by atoms with E-state index in [2.05, 4.69) is 10.3 Å². The molecule has 7 heteroatoms. The molecule has 1 aliphatic heterocycles. The lowest BCUT2D eigenvalue weighted by molar-refractivity contribution is -0.136. The van der Waals surface area contributed by atoms with Crippen molar-refractivity contribution in [3.05, 3.63) is 34.2 Å². The molecule has 1 aromatic heterocycles. The van der Waals surface area contributed by atoms with E-state index in [-0.39, 0.29) is 17.1 Å². The predicted molar refractivity (Wildman–Crippen MR) is 59.5 cm³/mol. The highest BCUT2D eigenvalue weighted by atomic mass is 19.4. The molecule has 1 aliphatic rings. The number of rotatable bonds is 1. The second-order valence-corrected chi connectivity index (χ2v) is 4.31. The molecule has 3 rings (SSSR count). The zero-order valence-electron chi connectivity index (χ0n) is 9.21. The normalized spacial score (nSPS) is 17.1. The zero-order chi connectivity index (χ0) is 12.9. The maximum atomic E-state index is 12.9. The molecule has 0 unspecified atom stereocenters. The Balaban J connectivity index is 2.34. The van der Waals surface area contributed by atoms with Crippen LogP contribution < -0.4 is 11.0 Å². The first-order valence-electron chi connectivity index (χ1n) is 5.49. The van der Waals surface area contributed by atoms with Gasteiger partial charge in [-0.15, -0.1) is 0 Å². The van der Waals surface area contributed by atoms with E-state index in [9.17, 15) is 18.0 Å². The molecular formula is C11H10F3N3O. The number of nitrogens with one attached hydrogen (secondary N) is 2. The van der Waals surface area contributed by atoms with E-state index in [1.807, 2.05) is 0 Å². The summed E-state index contributed by atoms with van der Waals surface area (Å²) < 4.78 is 40.0. The van der Waals surface area contributed by atoms with Gasteiger partial charge in [0.05, 0.1) is 22.6 Å². The van der Waals surface area contributed by atoms with Gasteiger partial charge < -0.3 is 10.3 Å². The van der Waals surface area contributed by atoms with Crippen LogP contribution in [0.1, 0.15) is 11.6 Å². The van der Waals surface area contributed by atoms with Crippen molar-refractivity contribution in [1.82, 2.24) is 14.9 Å². The lowest BCUT2D eigenvalue weighted by Gasteiger charge is -2.28. The largest absolute Gasteiger partial charge is 0.418 e. The Hall–Kier alpha value is -1.76. The Morgan fingerprint density at radius 2 is 2.00 bits per heavy atom. The van der Waals surface area contributed by atoms with Gasteiger partial charge in [0.1, 0.15) is 0 Å². The molecule has 0 radical (unpaired) electrons. The van der Waals surface area contributed by atoms with Gasteiger partial charge >= 0.3 is 11.9 Å². The standard InChI is InChI=1S/C11H10F3N3O/c12-11(13,14)7-2-1-3-8-9(7)17(10(18)16-8)6-4-15-5-6/h1-3,6,15H,4-5H2,(H,16,18). The van der Waals surface area contributed by atoms with Crippen molar-refractivity contribution in [1.29, 1.82) is 0 Å². The fourth-order valence-electron chi connectivity index (χ4n) is 2.21. The number of imidazole rings is 1. The van der Waals surface area contributed by atoms with Crippen LogP contribution in [0.4, 0.5) is 13.2 Å². The van der Waals surface area contributed by atoms with Crippen LogP contribution in [0.3, 0.4) is 0 Å². The highest BCUT2D eigenvalue weighted by molar-refractivity contribution is 5.79. The fraction of sp³-hybridized carbons (Fsp3) is 0.364. The molecule has 0 spiro atoms. The molecule has 0 aliphatic carbocycles. The molecule has 1 aromatic carbocycles. The number of hydrogen-bond acceptors (Lipinski definition) is 2. The van der Waals surface area contributed by atoms with Crippen LogP contribution >= 0.6 is 0 Å². The SMILES string of the molecule is O=c1[nH]c2cccc(C(F)(F)F)c2n1C1CNC1. The Labute approximate surface area is 99.4 Å². The first kappa shape index (κ1) is 11.3. The van der Waals surface area contributed by atoms with Crippen LogP contribution in [0.15, 0.2) is 23.0 Å². The number of aromatic amines is 1. The van der Waals surface area contributed by atoms with Crippen molar-refractivity contribution in [2.24, 2.45) is 0 Å². The smallest absolute Gasteiger partial charge is 0.313 e. The van der Waals surface area contributed by atoms with Crippen molar-refractivity contribution in [2.75, 3.05) is 13.1 Å². The van der Waals surface area contributed by atoms with Crippen LogP contribution in [0.25, 0.3) is 11.0 Å². The molecule has 0 amide bonds. The van der Waals surface area contributed by atoms with Gasteiger partial charge in [-0.05, 0) is 12.1 Å². The van der Waals surface area contributed by atoms with Crippen molar-refractivity contribution in [3.63, 3.8) is 0 Å². The average Bonchev–Trinajstić information content (AvgIpc) is 2.52. The second-order valence-electron chi connectivity index (χ2n) is 4.31. The molecule has 1 saturated heterocycles. The fourth-order valence-corrected chi connectivity index (χ4v) is 2.21. The van der Waals surface area contributed by atoms with Crippen LogP contribution in [0.5, 0.6) is 0 Å². The zero-order valence-corrected chi connectivity index (χ0v) is 9.21. The first-order chi connectivity index (χ1) is 8.48. The maximum absolute atomic E-state index is 12.9. The number of benzene rings is 1. The van der Waals surface area contributed by atoms with Gasteiger partial charge in [-0.2, -0.15) is 13.2 Å². The van der Waals surface area contributed by atoms with Crippen molar-refractivity contribution >= 4 is 11.0 Å². The predicted octanol–water partition coefficient (Wildman–Crippen LogP) is 1.49. The molecule has 4 nitrogen and oxygen atoms in total. The van der Waals surface area contributed by atoms with Crippen molar-refractivity contribution in [3.8, 4) is 0 Å². The Kier molecular flexibility index (Phi) is 2.28. The van der Waals surface area contributed by atoms with E-state index in [1.54, 1.807) is 0 Å². The van der Waals surface area contributed by atoms with Crippen molar-refractivity contribution < 1.29 is 13.2 Å². The summed E-state index contributed by atoms with van der Waals surface area (Å²) in [6.07, 6.45) is -4.47. The van der Waals surface area contributed by atoms with E-state index >= 15 is 0 Å². The lowest BCUT2D eigenvalue weighted by Crippen LogP contribution is -2.46. The first-order valence-corrected chi connectivity index (χ1v) is 5.49. The Morgan fingerprint density at radius 1 is 1.28 bits per heavy atom. The van der Waals surface area contributed by atoms with Crippen LogP contribution in [-0.4, -0.2) is 22.6 Å². The number of halogens is 3. The lowest BCUT2D eigenvalue weighted by atomic mass is 10.1. The summed E-state index contributed by atoms with van der Waals surface area (Å²) >= 11 is 0. The third-order valence-corrected chi connectivity index (χ3v) is 3.17. The highest BCUT2D eigenvalue weighted by Gasteiger charge is 2.35. The van der Waals surface area contributed by atoms with Crippen LogP contribution in [-0.2, 0) is 6.18 Å². The number of fused-ring (bicyclic) bond motifs is 1. The van der Waals surface area contributed by atoms with Gasteiger partial charge in [0, 0.05) is 13.1 Å². The van der Waals surface area contributed by atoms with E-state index in [0.717, 1.165) is 6.07 Å². The monoisotopic (exact) mass is 257 g/mol. The number of nitrogens with zero attached hydrogens (tertiary/aromatic N) is 1. The molecule has 1 fully saturated rings. The maximum Gasteiger partial charge on any atom is 0.418 e. The number of para-hydroxylation sites is 1. The molecule has 96 valence electrons. The van der Waals surface area contributed by atoms with Crippen molar-refractivity contribution in [2.45, 2.75) is 12.2 Å². The van der Waals surface area contributed by atoms with E-state index in [1.165, 1.54) is 16.7 Å². The molecule has 0 bridgehead atoms. The molecular weight excluding hydrogens is 247 g/mol. The summed E-state index contributed by atoms with van der Waals surface area (Å²) in [5, 5.41) is 2.94. The van der Waals surface area contributed by atoms with Gasteiger partial charge in [0.25, 0.3) is 0 Å². The molecule has 2 aromatic rings. The van der Waals surface area contributed by atoms with Crippen LogP contribution in [0, 0.1) is 0 Å². The van der Waals surface area contributed by atoms with Crippen LogP contribution in [0.2, 0.25) is 0 Å². The quantitative estimate of drug-likeness (QED) is 0.813. The Bertz CT molecular complexity index is 652. The van der Waals surface area contributed by atoms with E-state index < -0.39 is 17.4 Å². The van der Waals surface area contributed by atoms with Gasteiger partial charge in [0.2, 0.25) is 0 Å². The summed E-state index contributed by atoms with van der Waals surface area (Å²) in [5.41, 5.74) is -1.10. The van der Waals surface area contributed by atoms with Gasteiger partial charge in [0.15, 0.2) is 0 Å². The minimum Gasteiger partial charge on any atom is -0.313 e. The average molecular weight is 257 g/mol. The van der Waals surface area contributed by atoms with E-state index in [4.69, 9.17) is 0 Å². The number of hydrogen-bond donors (Lipinski definition) is 2. The summed E-state index contributed by atoms with van der Waals surface area (Å²) in [7, 11) is 0. The summed E-state index contributed by atoms with van der Waals surface area (Å²) in [6, 6.07) is 3.56. The van der Waals surface area contributed by atoms with E-state index in [0.29, 0.717) is 13.1 Å². The van der Waals surface area contributed by atoms with Gasteiger partial charge in [-0.3, -0.25) is 4.57 Å². The van der Waals surface area contributed by atoms with Gasteiger partial charge in [-0.1, -0.05) is 6.07 Å². The summed E-state index contributed by atoms with van der Waals surface area (Å²) in [6.45, 7) is 1.03. The molecule has 2 N–H and O–H groups in total. The number of alkyl halides is 3. The topological polar surface area (TPSA) is 49.8 Å². The Morgan fingerprint density at radius 3 is 2.56 bits per heavy atom. The molecule has 2 heterocycles. The van der Waals surface area contributed by atoms with Gasteiger partial charge in [-0.25, -0.2) is 4.79 Å². The minimum atomic E-state index is -4.47. The number of H-pyrrole nitrogens is 1.